The van der Waals surface area contributed by atoms with Crippen LogP contribution >= 0.6 is 0 Å². The number of phenols is 1. The average molecular weight is 223 g/mol. The normalized spacial score (nSPS) is 10.9. The monoisotopic (exact) mass is 223 g/mol. The smallest absolute Gasteiger partial charge is 0.115 e. The van der Waals surface area contributed by atoms with E-state index >= 15 is 0 Å². The standard InChI is InChI=1S/C15H13NO/c1-10-8-13-9-12(4-7-15(13)16-10)11-2-5-14(17)6-3-11/h2-9,16-17H,1H3. The molecule has 0 atom stereocenters. The van der Waals surface area contributed by atoms with E-state index in [1.165, 1.54) is 11.1 Å². The number of H-pyrrole nitrogens is 1. The van der Waals surface area contributed by atoms with E-state index in [1.54, 1.807) is 12.1 Å². The summed E-state index contributed by atoms with van der Waals surface area (Å²) in [5.74, 6) is 0.298. The Labute approximate surface area is 99.5 Å². The van der Waals surface area contributed by atoms with Crippen LogP contribution in [0.4, 0.5) is 0 Å². The van der Waals surface area contributed by atoms with Crippen LogP contribution in [0.1, 0.15) is 5.69 Å². The van der Waals surface area contributed by atoms with Gasteiger partial charge in [-0.05, 0) is 48.4 Å². The highest BCUT2D eigenvalue weighted by molar-refractivity contribution is 5.85. The van der Waals surface area contributed by atoms with Gasteiger partial charge in [-0.2, -0.15) is 0 Å². The van der Waals surface area contributed by atoms with Gasteiger partial charge in [-0.1, -0.05) is 18.2 Å². The van der Waals surface area contributed by atoms with Gasteiger partial charge in [0.05, 0.1) is 0 Å². The maximum Gasteiger partial charge on any atom is 0.115 e. The molecule has 0 amide bonds. The Morgan fingerprint density at radius 1 is 0.882 bits per heavy atom. The summed E-state index contributed by atoms with van der Waals surface area (Å²) in [4.78, 5) is 3.31. The molecule has 0 fully saturated rings. The van der Waals surface area contributed by atoms with Gasteiger partial charge < -0.3 is 10.1 Å². The Morgan fingerprint density at radius 2 is 1.59 bits per heavy atom. The number of hydrogen-bond donors (Lipinski definition) is 2. The fourth-order valence-corrected chi connectivity index (χ4v) is 2.11. The van der Waals surface area contributed by atoms with Gasteiger partial charge in [-0.3, -0.25) is 0 Å². The maximum absolute atomic E-state index is 9.27. The molecule has 2 N–H and O–H groups in total. The van der Waals surface area contributed by atoms with E-state index in [9.17, 15) is 5.11 Å². The Hall–Kier alpha value is -2.22. The number of aromatic nitrogens is 1. The first-order valence-electron chi connectivity index (χ1n) is 5.61. The van der Waals surface area contributed by atoms with E-state index in [4.69, 9.17) is 0 Å². The number of aryl methyl sites for hydroxylation is 1. The fourth-order valence-electron chi connectivity index (χ4n) is 2.11. The highest BCUT2D eigenvalue weighted by atomic mass is 16.3. The Kier molecular flexibility index (Phi) is 2.15. The lowest BCUT2D eigenvalue weighted by Crippen LogP contribution is -1.77. The third kappa shape index (κ3) is 1.78. The quantitative estimate of drug-likeness (QED) is 0.645. The summed E-state index contributed by atoms with van der Waals surface area (Å²) in [7, 11) is 0. The minimum Gasteiger partial charge on any atom is -0.508 e. The molecule has 2 heteroatoms. The summed E-state index contributed by atoms with van der Waals surface area (Å²) < 4.78 is 0. The first kappa shape index (κ1) is 9.97. The molecule has 0 unspecified atom stereocenters. The summed E-state index contributed by atoms with van der Waals surface area (Å²) in [5, 5.41) is 10.5. The molecular formula is C15H13NO. The molecule has 0 aliphatic heterocycles. The Balaban J connectivity index is 2.13. The Bertz CT molecular complexity index is 665. The van der Waals surface area contributed by atoms with Gasteiger partial charge in [-0.25, -0.2) is 0 Å². The number of phenolic OH excluding ortho intramolecular Hbond substituents is 1. The van der Waals surface area contributed by atoms with Gasteiger partial charge in [0.15, 0.2) is 0 Å². The van der Waals surface area contributed by atoms with Gasteiger partial charge in [0, 0.05) is 16.6 Å². The first-order chi connectivity index (χ1) is 8.22. The van der Waals surface area contributed by atoms with Crippen molar-refractivity contribution in [3.05, 3.63) is 54.2 Å². The summed E-state index contributed by atoms with van der Waals surface area (Å²) in [5.41, 5.74) is 4.60. The molecule has 0 aliphatic carbocycles. The van der Waals surface area contributed by atoms with E-state index < -0.39 is 0 Å². The summed E-state index contributed by atoms with van der Waals surface area (Å²) in [6.07, 6.45) is 0. The number of benzene rings is 2. The molecular weight excluding hydrogens is 210 g/mol. The van der Waals surface area contributed by atoms with Crippen LogP contribution in [0.15, 0.2) is 48.5 Å². The molecule has 0 radical (unpaired) electrons. The number of rotatable bonds is 1. The largest absolute Gasteiger partial charge is 0.508 e. The second kappa shape index (κ2) is 3.67. The molecule has 0 aliphatic rings. The van der Waals surface area contributed by atoms with Crippen LogP contribution in [0.3, 0.4) is 0 Å². The lowest BCUT2D eigenvalue weighted by molar-refractivity contribution is 0.475. The van der Waals surface area contributed by atoms with Crippen molar-refractivity contribution in [3.63, 3.8) is 0 Å². The van der Waals surface area contributed by atoms with E-state index in [1.807, 2.05) is 12.1 Å². The average Bonchev–Trinajstić information content (AvgIpc) is 2.69. The summed E-state index contributed by atoms with van der Waals surface area (Å²) >= 11 is 0. The summed E-state index contributed by atoms with van der Waals surface area (Å²) in [6.45, 7) is 2.06. The minimum absolute atomic E-state index is 0.298. The lowest BCUT2D eigenvalue weighted by atomic mass is 10.0. The zero-order chi connectivity index (χ0) is 11.8. The molecule has 0 bridgehead atoms. The van der Waals surface area contributed by atoms with Crippen molar-refractivity contribution >= 4 is 10.9 Å². The van der Waals surface area contributed by atoms with Crippen LogP contribution in [0.25, 0.3) is 22.0 Å². The summed E-state index contributed by atoms with van der Waals surface area (Å²) in [6, 6.07) is 15.7. The molecule has 0 spiro atoms. The van der Waals surface area contributed by atoms with Crippen molar-refractivity contribution < 1.29 is 5.11 Å². The molecule has 2 aromatic carbocycles. The van der Waals surface area contributed by atoms with Crippen molar-refractivity contribution in [3.8, 4) is 16.9 Å². The first-order valence-corrected chi connectivity index (χ1v) is 5.61. The van der Waals surface area contributed by atoms with Crippen LogP contribution in [0.5, 0.6) is 5.75 Å². The van der Waals surface area contributed by atoms with Crippen molar-refractivity contribution in [2.75, 3.05) is 0 Å². The fraction of sp³-hybridized carbons (Fsp3) is 0.0667. The second-order valence-electron chi connectivity index (χ2n) is 4.30. The predicted octanol–water partition coefficient (Wildman–Crippen LogP) is 3.85. The van der Waals surface area contributed by atoms with Crippen molar-refractivity contribution in [1.29, 1.82) is 0 Å². The van der Waals surface area contributed by atoms with Gasteiger partial charge in [-0.15, -0.1) is 0 Å². The molecule has 3 aromatic rings. The van der Waals surface area contributed by atoms with Crippen LogP contribution in [0, 0.1) is 6.92 Å². The van der Waals surface area contributed by atoms with Gasteiger partial charge in [0.1, 0.15) is 5.75 Å². The van der Waals surface area contributed by atoms with Gasteiger partial charge in [0.2, 0.25) is 0 Å². The lowest BCUT2D eigenvalue weighted by Gasteiger charge is -2.02. The minimum atomic E-state index is 0.298. The van der Waals surface area contributed by atoms with Crippen molar-refractivity contribution in [2.24, 2.45) is 0 Å². The molecule has 0 saturated carbocycles. The zero-order valence-corrected chi connectivity index (χ0v) is 9.57. The van der Waals surface area contributed by atoms with Gasteiger partial charge >= 0.3 is 0 Å². The van der Waals surface area contributed by atoms with E-state index in [2.05, 4.69) is 36.2 Å². The number of aromatic hydroxyl groups is 1. The van der Waals surface area contributed by atoms with Crippen LogP contribution in [-0.2, 0) is 0 Å². The Morgan fingerprint density at radius 3 is 2.35 bits per heavy atom. The van der Waals surface area contributed by atoms with E-state index in [-0.39, 0.29) is 0 Å². The number of nitrogens with one attached hydrogen (secondary N) is 1. The number of hydrogen-bond acceptors (Lipinski definition) is 1. The molecule has 2 nitrogen and oxygen atoms in total. The molecule has 3 rings (SSSR count). The third-order valence-corrected chi connectivity index (χ3v) is 2.96. The molecule has 84 valence electrons. The topological polar surface area (TPSA) is 36.0 Å². The van der Waals surface area contributed by atoms with Crippen LogP contribution in [0.2, 0.25) is 0 Å². The van der Waals surface area contributed by atoms with Crippen molar-refractivity contribution in [2.45, 2.75) is 6.92 Å². The third-order valence-electron chi connectivity index (χ3n) is 2.96. The highest BCUT2D eigenvalue weighted by Crippen LogP contribution is 2.26. The second-order valence-corrected chi connectivity index (χ2v) is 4.30. The number of fused-ring (bicyclic) bond motifs is 1. The molecule has 0 saturated heterocycles. The van der Waals surface area contributed by atoms with Crippen molar-refractivity contribution in [1.82, 2.24) is 4.98 Å². The zero-order valence-electron chi connectivity index (χ0n) is 9.57. The maximum atomic E-state index is 9.27. The van der Waals surface area contributed by atoms with Crippen LogP contribution < -0.4 is 0 Å². The molecule has 17 heavy (non-hydrogen) atoms. The van der Waals surface area contributed by atoms with Crippen LogP contribution in [-0.4, -0.2) is 10.1 Å². The van der Waals surface area contributed by atoms with E-state index in [0.717, 1.165) is 16.6 Å². The van der Waals surface area contributed by atoms with Gasteiger partial charge in [0.25, 0.3) is 0 Å². The number of aromatic amines is 1. The van der Waals surface area contributed by atoms with E-state index in [0.29, 0.717) is 5.75 Å². The molecule has 1 aromatic heterocycles. The molecule has 1 heterocycles. The predicted molar refractivity (Wildman–Crippen MR) is 70.1 cm³/mol. The highest BCUT2D eigenvalue weighted by Gasteiger charge is 2.01. The SMILES string of the molecule is Cc1cc2cc(-c3ccc(O)cc3)ccc2[nH]1.